The van der Waals surface area contributed by atoms with E-state index < -0.39 is 5.92 Å². The molecule has 144 valence electrons. The molecule has 2 aromatic heterocycles. The molecule has 3 aromatic rings. The van der Waals surface area contributed by atoms with Gasteiger partial charge in [0.25, 0.3) is 0 Å². The van der Waals surface area contributed by atoms with Gasteiger partial charge in [0.2, 0.25) is 11.8 Å². The Bertz CT molecular complexity index is 1060. The number of hydrogen-bond acceptors (Lipinski definition) is 7. The van der Waals surface area contributed by atoms with Gasteiger partial charge in [-0.05, 0) is 37.6 Å². The van der Waals surface area contributed by atoms with Gasteiger partial charge in [-0.3, -0.25) is 9.59 Å². The van der Waals surface area contributed by atoms with E-state index in [0.717, 1.165) is 16.8 Å². The van der Waals surface area contributed by atoms with E-state index in [0.29, 0.717) is 28.8 Å². The van der Waals surface area contributed by atoms with Crippen LogP contribution in [0.25, 0.3) is 11.4 Å². The lowest BCUT2D eigenvalue weighted by Crippen LogP contribution is -2.28. The Kier molecular flexibility index (Phi) is 4.68. The molecule has 1 aromatic carbocycles. The van der Waals surface area contributed by atoms with Crippen LogP contribution < -0.4 is 10.2 Å². The number of hydrogen-bond donors (Lipinski definition) is 1. The lowest BCUT2D eigenvalue weighted by Gasteiger charge is -2.19. The third-order valence-electron chi connectivity index (χ3n) is 4.77. The maximum atomic E-state index is 12.7. The van der Waals surface area contributed by atoms with Crippen molar-refractivity contribution in [2.24, 2.45) is 5.92 Å². The Morgan fingerprint density at radius 1 is 1.29 bits per heavy atom. The molecule has 4 rings (SSSR count). The average Bonchev–Trinajstić information content (AvgIpc) is 3.35. The molecule has 1 aliphatic rings. The normalized spacial score (nSPS) is 16.6. The van der Waals surface area contributed by atoms with Crippen LogP contribution in [-0.4, -0.2) is 33.7 Å². The lowest BCUT2D eigenvalue weighted by molar-refractivity contribution is -0.122. The van der Waals surface area contributed by atoms with E-state index in [9.17, 15) is 9.59 Å². The maximum Gasteiger partial charge on any atom is 0.231 e. The summed E-state index contributed by atoms with van der Waals surface area (Å²) >= 11 is 1.29. The third-order valence-corrected chi connectivity index (χ3v) is 5.53. The molecule has 0 saturated carbocycles. The van der Waals surface area contributed by atoms with Crippen molar-refractivity contribution in [2.45, 2.75) is 27.2 Å². The second kappa shape index (κ2) is 7.16. The number of aromatic nitrogens is 3. The first-order chi connectivity index (χ1) is 13.4. The van der Waals surface area contributed by atoms with Gasteiger partial charge in [0.15, 0.2) is 10.8 Å². The van der Waals surface area contributed by atoms with Gasteiger partial charge in [-0.1, -0.05) is 22.9 Å². The third kappa shape index (κ3) is 3.40. The van der Waals surface area contributed by atoms with Crippen LogP contribution in [0.3, 0.4) is 0 Å². The zero-order valence-electron chi connectivity index (χ0n) is 15.7. The second-order valence-corrected chi connectivity index (χ2v) is 7.78. The standard InChI is InChI=1S/C19H19N5O3S/c1-10-4-5-15(11(2)6-10)24-8-13(7-16(24)25)18(26)21-19-20-14(9-28-19)17-12(3)22-27-23-17/h4-6,9,13H,7-8H2,1-3H3,(H,20,21,26)/t13-/m1/s1. The van der Waals surface area contributed by atoms with Crippen LogP contribution in [0.2, 0.25) is 0 Å². The topological polar surface area (TPSA) is 101 Å². The van der Waals surface area contributed by atoms with Crippen molar-refractivity contribution in [3.8, 4) is 11.4 Å². The summed E-state index contributed by atoms with van der Waals surface area (Å²) in [4.78, 5) is 31.2. The number of nitrogens with zero attached hydrogens (tertiary/aromatic N) is 4. The Labute approximate surface area is 165 Å². The first-order valence-corrected chi connectivity index (χ1v) is 9.74. The predicted molar refractivity (Wildman–Crippen MR) is 105 cm³/mol. The number of anilines is 2. The van der Waals surface area contributed by atoms with E-state index in [1.807, 2.05) is 32.0 Å². The number of thiazole rings is 1. The van der Waals surface area contributed by atoms with Crippen LogP contribution in [0, 0.1) is 26.7 Å². The van der Waals surface area contributed by atoms with E-state index in [1.54, 1.807) is 17.2 Å². The zero-order chi connectivity index (χ0) is 19.8. The molecule has 3 heterocycles. The first-order valence-electron chi connectivity index (χ1n) is 8.86. The molecular formula is C19H19N5O3S. The van der Waals surface area contributed by atoms with Crippen molar-refractivity contribution in [3.63, 3.8) is 0 Å². The summed E-state index contributed by atoms with van der Waals surface area (Å²) in [6, 6.07) is 5.94. The lowest BCUT2D eigenvalue weighted by atomic mass is 10.1. The van der Waals surface area contributed by atoms with E-state index >= 15 is 0 Å². The monoisotopic (exact) mass is 397 g/mol. The highest BCUT2D eigenvalue weighted by Gasteiger charge is 2.36. The summed E-state index contributed by atoms with van der Waals surface area (Å²) in [5.41, 5.74) is 4.80. The minimum absolute atomic E-state index is 0.0452. The Morgan fingerprint density at radius 2 is 2.11 bits per heavy atom. The molecule has 1 aliphatic heterocycles. The Morgan fingerprint density at radius 3 is 2.82 bits per heavy atom. The van der Waals surface area contributed by atoms with Crippen molar-refractivity contribution < 1.29 is 14.2 Å². The molecule has 2 amide bonds. The molecule has 0 spiro atoms. The predicted octanol–water partition coefficient (Wildman–Crippen LogP) is 3.11. The molecule has 1 saturated heterocycles. The molecule has 28 heavy (non-hydrogen) atoms. The number of amides is 2. The smallest absolute Gasteiger partial charge is 0.231 e. The van der Waals surface area contributed by atoms with Crippen molar-refractivity contribution in [3.05, 3.63) is 40.4 Å². The number of rotatable bonds is 4. The second-order valence-electron chi connectivity index (χ2n) is 6.92. The molecule has 1 fully saturated rings. The largest absolute Gasteiger partial charge is 0.311 e. The van der Waals surface area contributed by atoms with Crippen molar-refractivity contribution in [1.29, 1.82) is 0 Å². The summed E-state index contributed by atoms with van der Waals surface area (Å²) in [7, 11) is 0. The fraction of sp³-hybridized carbons (Fsp3) is 0.316. The highest BCUT2D eigenvalue weighted by Crippen LogP contribution is 2.30. The minimum atomic E-state index is -0.420. The molecule has 0 radical (unpaired) electrons. The number of carbonyl (C=O) groups excluding carboxylic acids is 2. The van der Waals surface area contributed by atoms with Crippen LogP contribution in [0.15, 0.2) is 28.2 Å². The fourth-order valence-corrected chi connectivity index (χ4v) is 4.03. The summed E-state index contributed by atoms with van der Waals surface area (Å²) < 4.78 is 4.69. The van der Waals surface area contributed by atoms with Gasteiger partial charge in [0.1, 0.15) is 11.4 Å². The van der Waals surface area contributed by atoms with Crippen LogP contribution in [0.4, 0.5) is 10.8 Å². The van der Waals surface area contributed by atoms with Crippen molar-refractivity contribution in [2.75, 3.05) is 16.8 Å². The van der Waals surface area contributed by atoms with Gasteiger partial charge in [-0.15, -0.1) is 11.3 Å². The fourth-order valence-electron chi connectivity index (χ4n) is 3.34. The van der Waals surface area contributed by atoms with Crippen LogP contribution in [-0.2, 0) is 9.59 Å². The highest BCUT2D eigenvalue weighted by molar-refractivity contribution is 7.14. The van der Waals surface area contributed by atoms with Crippen LogP contribution in [0.5, 0.6) is 0 Å². The molecule has 1 atom stereocenters. The van der Waals surface area contributed by atoms with Gasteiger partial charge >= 0.3 is 0 Å². The van der Waals surface area contributed by atoms with Gasteiger partial charge in [0, 0.05) is 24.0 Å². The number of carbonyl (C=O) groups is 2. The molecular weight excluding hydrogens is 378 g/mol. The van der Waals surface area contributed by atoms with Crippen LogP contribution in [0.1, 0.15) is 23.2 Å². The summed E-state index contributed by atoms with van der Waals surface area (Å²) in [5.74, 6) is -0.677. The van der Waals surface area contributed by atoms with Crippen molar-refractivity contribution in [1.82, 2.24) is 15.3 Å². The van der Waals surface area contributed by atoms with Gasteiger partial charge < -0.3 is 10.2 Å². The highest BCUT2D eigenvalue weighted by atomic mass is 32.1. The van der Waals surface area contributed by atoms with E-state index in [-0.39, 0.29) is 18.2 Å². The first kappa shape index (κ1) is 18.3. The van der Waals surface area contributed by atoms with Gasteiger partial charge in [-0.25, -0.2) is 9.61 Å². The van der Waals surface area contributed by atoms with Crippen LogP contribution >= 0.6 is 11.3 Å². The molecule has 0 bridgehead atoms. The summed E-state index contributed by atoms with van der Waals surface area (Å²) in [6.07, 6.45) is 0.184. The molecule has 9 heteroatoms. The molecule has 0 aliphatic carbocycles. The number of nitrogens with one attached hydrogen (secondary N) is 1. The summed E-state index contributed by atoms with van der Waals surface area (Å²) in [5, 5.41) is 12.6. The average molecular weight is 397 g/mol. The zero-order valence-corrected chi connectivity index (χ0v) is 16.5. The van der Waals surface area contributed by atoms with E-state index in [1.165, 1.54) is 11.3 Å². The van der Waals surface area contributed by atoms with E-state index in [4.69, 9.17) is 0 Å². The molecule has 8 nitrogen and oxygen atoms in total. The Balaban J connectivity index is 1.45. The molecule has 1 N–H and O–H groups in total. The number of benzene rings is 1. The SMILES string of the molecule is Cc1ccc(N2C[C@H](C(=O)Nc3nc(-c4nonc4C)cs3)CC2=O)c(C)c1. The minimum Gasteiger partial charge on any atom is -0.311 e. The summed E-state index contributed by atoms with van der Waals surface area (Å²) in [6.45, 7) is 6.12. The van der Waals surface area contributed by atoms with Crippen molar-refractivity contribution >= 4 is 34.0 Å². The quantitative estimate of drug-likeness (QED) is 0.726. The van der Waals surface area contributed by atoms with E-state index in [2.05, 4.69) is 25.2 Å². The Hall–Kier alpha value is -3.07. The van der Waals surface area contributed by atoms with Gasteiger partial charge in [0.05, 0.1) is 5.92 Å². The van der Waals surface area contributed by atoms with Gasteiger partial charge in [-0.2, -0.15) is 0 Å². The maximum absolute atomic E-state index is 12.7. The number of aryl methyl sites for hydroxylation is 3. The molecule has 0 unspecified atom stereocenters.